The molecule has 0 saturated heterocycles. The van der Waals surface area contributed by atoms with E-state index >= 15 is 0 Å². The van der Waals surface area contributed by atoms with Crippen molar-refractivity contribution in [1.29, 1.82) is 0 Å². The van der Waals surface area contributed by atoms with Gasteiger partial charge in [-0.05, 0) is 49.5 Å². The first kappa shape index (κ1) is 22.9. The SMILES string of the molecule is C[Si](C)(CC(=O)C=Cc1ccccc1)O[Si](C)(C)CC(=O)C=Cc1ccccc1. The fourth-order valence-corrected chi connectivity index (χ4v) is 11.8. The van der Waals surface area contributed by atoms with Crippen LogP contribution < -0.4 is 0 Å². The molecule has 152 valence electrons. The maximum Gasteiger partial charge on any atom is 0.181 e. The second kappa shape index (κ2) is 10.4. The van der Waals surface area contributed by atoms with Gasteiger partial charge in [0.05, 0.1) is 0 Å². The molecular weight excluding hydrogens is 392 g/mol. The van der Waals surface area contributed by atoms with Gasteiger partial charge in [0.15, 0.2) is 28.2 Å². The van der Waals surface area contributed by atoms with Crippen LogP contribution in [-0.2, 0) is 13.7 Å². The number of hydrogen-bond acceptors (Lipinski definition) is 3. The average Bonchev–Trinajstić information content (AvgIpc) is 2.64. The standard InChI is InChI=1S/C24H30O3Si2/c1-28(2,19-23(25)17-15-21-11-7-5-8-12-21)27-29(3,4)20-24(26)18-16-22-13-9-6-10-14-22/h5-18H,19-20H2,1-4H3. The minimum Gasteiger partial charge on any atom is -0.455 e. The van der Waals surface area contributed by atoms with Crippen molar-refractivity contribution in [3.63, 3.8) is 0 Å². The molecule has 0 saturated carbocycles. The molecule has 0 aromatic heterocycles. The molecule has 0 aliphatic carbocycles. The lowest BCUT2D eigenvalue weighted by Gasteiger charge is -2.32. The van der Waals surface area contributed by atoms with Crippen LogP contribution in [0.4, 0.5) is 0 Å². The number of rotatable bonds is 10. The van der Waals surface area contributed by atoms with Crippen molar-refractivity contribution in [1.82, 2.24) is 0 Å². The Morgan fingerprint density at radius 2 is 1.03 bits per heavy atom. The summed E-state index contributed by atoms with van der Waals surface area (Å²) >= 11 is 0. The van der Waals surface area contributed by atoms with Crippen molar-refractivity contribution in [3.8, 4) is 0 Å². The highest BCUT2D eigenvalue weighted by Gasteiger charge is 2.35. The second-order valence-electron chi connectivity index (χ2n) is 8.40. The van der Waals surface area contributed by atoms with E-state index in [9.17, 15) is 9.59 Å². The Hall–Kier alpha value is -2.35. The Bertz CT molecular complexity index is 796. The lowest BCUT2D eigenvalue weighted by molar-refractivity contribution is -0.113. The van der Waals surface area contributed by atoms with Crippen LogP contribution in [0, 0.1) is 0 Å². The molecule has 0 bridgehead atoms. The number of carbonyl (C=O) groups excluding carboxylic acids is 2. The van der Waals surface area contributed by atoms with Crippen LogP contribution in [0.3, 0.4) is 0 Å². The number of carbonyl (C=O) groups is 2. The zero-order chi connectivity index (χ0) is 21.3. The molecule has 5 heteroatoms. The normalized spacial score (nSPS) is 12.6. The quantitative estimate of drug-likeness (QED) is 0.349. The summed E-state index contributed by atoms with van der Waals surface area (Å²) in [4.78, 5) is 24.8. The lowest BCUT2D eigenvalue weighted by Crippen LogP contribution is -2.46. The number of allylic oxidation sites excluding steroid dienone is 2. The van der Waals surface area contributed by atoms with Gasteiger partial charge in [-0.15, -0.1) is 0 Å². The van der Waals surface area contributed by atoms with E-state index in [4.69, 9.17) is 4.12 Å². The highest BCUT2D eigenvalue weighted by molar-refractivity contribution is 6.87. The molecule has 0 N–H and O–H groups in total. The van der Waals surface area contributed by atoms with E-state index in [1.165, 1.54) is 0 Å². The summed E-state index contributed by atoms with van der Waals surface area (Å²) < 4.78 is 6.44. The van der Waals surface area contributed by atoms with E-state index < -0.39 is 16.6 Å². The fraction of sp³-hybridized carbons (Fsp3) is 0.250. The molecule has 2 aromatic rings. The molecule has 0 spiro atoms. The van der Waals surface area contributed by atoms with E-state index in [-0.39, 0.29) is 11.6 Å². The largest absolute Gasteiger partial charge is 0.455 e. The van der Waals surface area contributed by atoms with Crippen molar-refractivity contribution < 1.29 is 13.7 Å². The van der Waals surface area contributed by atoms with Crippen LogP contribution in [0.15, 0.2) is 72.8 Å². The molecule has 0 heterocycles. The Morgan fingerprint density at radius 1 is 0.690 bits per heavy atom. The first-order chi connectivity index (χ1) is 13.7. The Morgan fingerprint density at radius 3 is 1.38 bits per heavy atom. The molecule has 0 aliphatic heterocycles. The molecule has 0 unspecified atom stereocenters. The van der Waals surface area contributed by atoms with Crippen molar-refractivity contribution >= 4 is 40.4 Å². The molecule has 0 aliphatic rings. The number of ketones is 2. The fourth-order valence-electron chi connectivity index (χ4n) is 3.28. The van der Waals surface area contributed by atoms with Crippen molar-refractivity contribution in [2.45, 2.75) is 38.3 Å². The molecule has 0 atom stereocenters. The van der Waals surface area contributed by atoms with Gasteiger partial charge in [0, 0.05) is 12.1 Å². The van der Waals surface area contributed by atoms with Gasteiger partial charge < -0.3 is 4.12 Å². The maximum absolute atomic E-state index is 12.4. The van der Waals surface area contributed by atoms with Crippen LogP contribution in [0.1, 0.15) is 11.1 Å². The Balaban J connectivity index is 1.89. The number of hydrogen-bond donors (Lipinski definition) is 0. The third-order valence-corrected chi connectivity index (χ3v) is 11.1. The van der Waals surface area contributed by atoms with Crippen LogP contribution >= 0.6 is 0 Å². The second-order valence-corrected chi connectivity index (χ2v) is 17.0. The predicted octanol–water partition coefficient (Wildman–Crippen LogP) is 5.98. The molecule has 0 amide bonds. The van der Waals surface area contributed by atoms with E-state index in [0.29, 0.717) is 12.1 Å². The molecule has 2 rings (SSSR count). The average molecular weight is 423 g/mol. The van der Waals surface area contributed by atoms with Gasteiger partial charge in [0.2, 0.25) is 0 Å². The summed E-state index contributed by atoms with van der Waals surface area (Å²) in [6, 6.07) is 20.4. The Kier molecular flexibility index (Phi) is 8.25. The third kappa shape index (κ3) is 9.13. The van der Waals surface area contributed by atoms with Crippen molar-refractivity contribution in [2.75, 3.05) is 0 Å². The molecule has 2 aromatic carbocycles. The van der Waals surface area contributed by atoms with Gasteiger partial charge in [0.25, 0.3) is 0 Å². The highest BCUT2D eigenvalue weighted by Crippen LogP contribution is 2.23. The van der Waals surface area contributed by atoms with E-state index in [0.717, 1.165) is 11.1 Å². The zero-order valence-corrected chi connectivity index (χ0v) is 19.7. The van der Waals surface area contributed by atoms with Gasteiger partial charge in [-0.3, -0.25) is 9.59 Å². The van der Waals surface area contributed by atoms with E-state index in [1.807, 2.05) is 72.8 Å². The first-order valence-corrected chi connectivity index (χ1v) is 16.1. The summed E-state index contributed by atoms with van der Waals surface area (Å²) in [6.45, 7) is 8.22. The summed E-state index contributed by atoms with van der Waals surface area (Å²) in [5.74, 6) is 0.149. The molecule has 29 heavy (non-hydrogen) atoms. The highest BCUT2D eigenvalue weighted by atomic mass is 28.4. The van der Waals surface area contributed by atoms with Gasteiger partial charge in [-0.1, -0.05) is 72.8 Å². The summed E-state index contributed by atoms with van der Waals surface area (Å²) in [7, 11) is -4.42. The molecule has 0 fully saturated rings. The monoisotopic (exact) mass is 422 g/mol. The van der Waals surface area contributed by atoms with Crippen molar-refractivity contribution in [2.24, 2.45) is 0 Å². The minimum atomic E-state index is -2.21. The third-order valence-electron chi connectivity index (χ3n) is 4.27. The van der Waals surface area contributed by atoms with E-state index in [2.05, 4.69) is 26.2 Å². The first-order valence-electron chi connectivity index (χ1n) is 9.87. The molecule has 3 nitrogen and oxygen atoms in total. The summed E-state index contributed by atoms with van der Waals surface area (Å²) in [5.41, 5.74) is 2.01. The maximum atomic E-state index is 12.4. The topological polar surface area (TPSA) is 43.4 Å². The van der Waals surface area contributed by atoms with Crippen molar-refractivity contribution in [3.05, 3.63) is 83.9 Å². The van der Waals surface area contributed by atoms with Crippen LogP contribution in [0.25, 0.3) is 12.2 Å². The minimum absolute atomic E-state index is 0.0746. The van der Waals surface area contributed by atoms with E-state index in [1.54, 1.807) is 12.2 Å². The summed E-state index contributed by atoms with van der Waals surface area (Å²) in [5, 5.41) is 0. The smallest absolute Gasteiger partial charge is 0.181 e. The predicted molar refractivity (Wildman–Crippen MR) is 127 cm³/mol. The molecule has 0 radical (unpaired) electrons. The van der Waals surface area contributed by atoms with Gasteiger partial charge >= 0.3 is 0 Å². The molecular formula is C24H30O3Si2. The van der Waals surface area contributed by atoms with Crippen LogP contribution in [0.5, 0.6) is 0 Å². The van der Waals surface area contributed by atoms with Gasteiger partial charge in [-0.2, -0.15) is 0 Å². The van der Waals surface area contributed by atoms with Crippen LogP contribution in [0.2, 0.25) is 38.3 Å². The zero-order valence-electron chi connectivity index (χ0n) is 17.7. The number of benzene rings is 2. The Labute approximate surface area is 176 Å². The lowest BCUT2D eigenvalue weighted by atomic mass is 10.2. The van der Waals surface area contributed by atoms with Gasteiger partial charge in [0.1, 0.15) is 0 Å². The summed E-state index contributed by atoms with van der Waals surface area (Å²) in [6.07, 6.45) is 6.95. The van der Waals surface area contributed by atoms with Crippen LogP contribution in [-0.4, -0.2) is 28.2 Å². The van der Waals surface area contributed by atoms with Gasteiger partial charge in [-0.25, -0.2) is 0 Å².